The summed E-state index contributed by atoms with van der Waals surface area (Å²) < 4.78 is 4.04. The van der Waals surface area contributed by atoms with Crippen molar-refractivity contribution in [3.63, 3.8) is 0 Å². The summed E-state index contributed by atoms with van der Waals surface area (Å²) in [5, 5.41) is 0. The molecule has 0 atom stereocenters. The Morgan fingerprint density at radius 1 is 0.329 bits per heavy atom. The molecule has 9 aromatic carbocycles. The van der Waals surface area contributed by atoms with Crippen molar-refractivity contribution < 1.29 is 20.1 Å². The second-order valence-electron chi connectivity index (χ2n) is 18.0. The van der Waals surface area contributed by atoms with Crippen LogP contribution in [0, 0.1) is 18.2 Å². The van der Waals surface area contributed by atoms with E-state index in [1.807, 2.05) is 72.4 Å². The van der Waals surface area contributed by atoms with E-state index in [1.165, 1.54) is 11.1 Å². The van der Waals surface area contributed by atoms with Gasteiger partial charge in [-0.3, -0.25) is 9.97 Å². The maximum Gasteiger partial charge on any atom is 3.00 e. The zero-order valence-corrected chi connectivity index (χ0v) is 42.6. The van der Waals surface area contributed by atoms with Crippen molar-refractivity contribution in [2.24, 2.45) is 14.1 Å². The summed E-state index contributed by atoms with van der Waals surface area (Å²) in [5.74, 6) is 1.76. The van der Waals surface area contributed by atoms with Crippen molar-refractivity contribution in [3.8, 4) is 123 Å². The number of pyridine rings is 1. The molecule has 0 fully saturated rings. The van der Waals surface area contributed by atoms with Crippen LogP contribution >= 0.6 is 0 Å². The smallest absolute Gasteiger partial charge is 0.373 e. The third-order valence-corrected chi connectivity index (χ3v) is 13.5. The Bertz CT molecular complexity index is 3710. The molecule has 0 saturated carbocycles. The van der Waals surface area contributed by atoms with Gasteiger partial charge in [0.05, 0.1) is 11.6 Å². The fourth-order valence-corrected chi connectivity index (χ4v) is 9.83. The third kappa shape index (κ3) is 9.34. The molecule has 0 aliphatic rings. The van der Waals surface area contributed by atoms with Gasteiger partial charge in [-0.05, 0) is 85.1 Å². The van der Waals surface area contributed by atoms with Gasteiger partial charge >= 0.3 is 20.1 Å². The summed E-state index contributed by atoms with van der Waals surface area (Å²) >= 11 is 0. The number of nitrogens with zero attached hydrogens (tertiary/aromatic N) is 5. The molecule has 0 unspecified atom stereocenters. The van der Waals surface area contributed by atoms with Gasteiger partial charge in [0.1, 0.15) is 0 Å². The summed E-state index contributed by atoms with van der Waals surface area (Å²) in [7, 11) is 4.02. The van der Waals surface area contributed by atoms with Crippen molar-refractivity contribution in [1.29, 1.82) is 0 Å². The van der Waals surface area contributed by atoms with E-state index in [-0.39, 0.29) is 20.1 Å². The SMILES string of the molecule is Cn1ccnc1-c1[c-]cc(-c2ccccc2-c2cc(-c3ccccc3-c3c[c-]c(-c4nccn4C)cc3)cc(-c3ccccc3-c3cnc(-c4[c-]cccc4)cc3-c3ccc(-c4ccccc4)cc3)c2)cc1.[Ir+3]. The van der Waals surface area contributed by atoms with E-state index in [4.69, 9.17) is 4.98 Å². The zero-order valence-electron chi connectivity index (χ0n) is 40.2. The first-order chi connectivity index (χ1) is 35.5. The quantitative estimate of drug-likeness (QED) is 0.121. The second-order valence-corrected chi connectivity index (χ2v) is 18.0. The van der Waals surface area contributed by atoms with Crippen LogP contribution in [0.25, 0.3) is 123 Å². The number of aryl methyl sites for hydroxylation is 2. The van der Waals surface area contributed by atoms with Crippen molar-refractivity contribution in [2.75, 3.05) is 0 Å². The Morgan fingerprint density at radius 3 is 1.23 bits per heavy atom. The first kappa shape index (κ1) is 46.6. The topological polar surface area (TPSA) is 48.5 Å². The van der Waals surface area contributed by atoms with Crippen LogP contribution in [0.15, 0.2) is 243 Å². The minimum atomic E-state index is 0. The first-order valence-electron chi connectivity index (χ1n) is 24.1. The monoisotopic (exact) mass is 1110 g/mol. The minimum Gasteiger partial charge on any atom is -0.373 e. The van der Waals surface area contributed by atoms with Crippen LogP contribution in [0.1, 0.15) is 0 Å². The Labute approximate surface area is 440 Å². The van der Waals surface area contributed by atoms with Gasteiger partial charge < -0.3 is 14.1 Å². The Balaban J connectivity index is 0.00000574. The van der Waals surface area contributed by atoms with E-state index in [1.54, 1.807) is 0 Å². The maximum absolute atomic E-state index is 5.14. The van der Waals surface area contributed by atoms with E-state index in [0.717, 1.165) is 112 Å². The van der Waals surface area contributed by atoms with E-state index < -0.39 is 0 Å². The van der Waals surface area contributed by atoms with Crippen LogP contribution in [-0.2, 0) is 34.2 Å². The summed E-state index contributed by atoms with van der Waals surface area (Å²) in [6.07, 6.45) is 9.61. The summed E-state index contributed by atoms with van der Waals surface area (Å²) in [6.45, 7) is 0. The summed E-state index contributed by atoms with van der Waals surface area (Å²) in [6, 6.07) is 86.1. The van der Waals surface area contributed by atoms with Gasteiger partial charge in [-0.2, -0.15) is 0 Å². The molecular formula is C67H46IrN5. The van der Waals surface area contributed by atoms with E-state index in [2.05, 4.69) is 222 Å². The average molecular weight is 1110 g/mol. The number of imidazole rings is 2. The third-order valence-electron chi connectivity index (χ3n) is 13.5. The van der Waals surface area contributed by atoms with Crippen LogP contribution in [0.4, 0.5) is 0 Å². The van der Waals surface area contributed by atoms with Crippen molar-refractivity contribution >= 4 is 0 Å². The molecule has 0 N–H and O–H groups in total. The first-order valence-corrected chi connectivity index (χ1v) is 24.1. The molecule has 0 spiro atoms. The van der Waals surface area contributed by atoms with E-state index >= 15 is 0 Å². The van der Waals surface area contributed by atoms with Crippen LogP contribution < -0.4 is 0 Å². The molecule has 6 heteroatoms. The zero-order chi connectivity index (χ0) is 48.4. The molecule has 0 aliphatic heterocycles. The maximum atomic E-state index is 5.14. The molecule has 12 rings (SSSR count). The van der Waals surface area contributed by atoms with Gasteiger partial charge in [-0.15, -0.1) is 95.6 Å². The molecule has 0 saturated heterocycles. The molecule has 3 heterocycles. The van der Waals surface area contributed by atoms with Crippen molar-refractivity contribution in [1.82, 2.24) is 24.1 Å². The Morgan fingerprint density at radius 2 is 0.767 bits per heavy atom. The fraction of sp³-hybridized carbons (Fsp3) is 0.0299. The molecule has 12 aromatic rings. The molecule has 5 nitrogen and oxygen atoms in total. The standard InChI is InChI=1S/C67H46N5.Ir/c1-71-39-37-68-66(71)52-33-29-48(30-34-52)57-19-9-11-21-59(57)54-41-55(60-22-12-10-20-58(60)49-31-35-53(36-32-49)67-69-38-40-72(67)2)43-56(42-54)61-23-13-14-24-62(61)64-45-70-65(51-17-7-4-8-18-51)44-63(64)50-27-25-47(26-28-50)46-15-5-3-6-16-46;/h3-17,19-33,35,37-45H,1-2H3;/q-3;+3. The minimum absolute atomic E-state index is 0. The molecular weight excluding hydrogens is 1070 g/mol. The van der Waals surface area contributed by atoms with Gasteiger partial charge in [0.25, 0.3) is 0 Å². The second kappa shape index (κ2) is 20.5. The van der Waals surface area contributed by atoms with Crippen molar-refractivity contribution in [3.05, 3.63) is 262 Å². The fourth-order valence-electron chi connectivity index (χ4n) is 9.83. The predicted octanol–water partition coefficient (Wildman–Crippen LogP) is 16.3. The summed E-state index contributed by atoms with van der Waals surface area (Å²) in [4.78, 5) is 14.3. The Hall–Kier alpha value is -8.80. The molecule has 0 bridgehead atoms. The number of hydrogen-bond acceptors (Lipinski definition) is 3. The van der Waals surface area contributed by atoms with Gasteiger partial charge in [0, 0.05) is 50.6 Å². The number of aromatic nitrogens is 5. The number of rotatable bonds is 11. The van der Waals surface area contributed by atoms with E-state index in [0.29, 0.717) is 0 Å². The van der Waals surface area contributed by atoms with Crippen LogP contribution in [0.2, 0.25) is 0 Å². The van der Waals surface area contributed by atoms with Gasteiger partial charge in [0.2, 0.25) is 0 Å². The van der Waals surface area contributed by atoms with Gasteiger partial charge in [-0.1, -0.05) is 156 Å². The Kier molecular flexibility index (Phi) is 13.1. The molecule has 73 heavy (non-hydrogen) atoms. The van der Waals surface area contributed by atoms with Crippen LogP contribution in [0.3, 0.4) is 0 Å². The molecule has 0 amide bonds. The van der Waals surface area contributed by atoms with Gasteiger partial charge in [0.15, 0.2) is 0 Å². The predicted molar refractivity (Wildman–Crippen MR) is 294 cm³/mol. The molecule has 3 aromatic heterocycles. The van der Waals surface area contributed by atoms with Crippen molar-refractivity contribution in [2.45, 2.75) is 0 Å². The number of benzene rings is 9. The normalized spacial score (nSPS) is 11.0. The molecule has 0 aliphatic carbocycles. The average Bonchev–Trinajstić information content (AvgIpc) is 4.10. The van der Waals surface area contributed by atoms with Gasteiger partial charge in [-0.25, -0.2) is 0 Å². The largest absolute Gasteiger partial charge is 3.00 e. The molecule has 348 valence electrons. The van der Waals surface area contributed by atoms with Crippen LogP contribution in [-0.4, -0.2) is 24.1 Å². The summed E-state index contributed by atoms with van der Waals surface area (Å²) in [5.41, 5.74) is 21.4. The van der Waals surface area contributed by atoms with E-state index in [9.17, 15) is 0 Å². The van der Waals surface area contributed by atoms with Crippen LogP contribution in [0.5, 0.6) is 0 Å². The number of hydrogen-bond donors (Lipinski definition) is 0. The molecule has 0 radical (unpaired) electrons.